The summed E-state index contributed by atoms with van der Waals surface area (Å²) in [6, 6.07) is 11.0. The van der Waals surface area contributed by atoms with E-state index in [1.165, 1.54) is 12.1 Å². The number of para-hydroxylation sites is 1. The number of hydrogen-bond acceptors (Lipinski definition) is 5. The number of amides is 1. The molecule has 0 unspecified atom stereocenters. The van der Waals surface area contributed by atoms with Gasteiger partial charge in [-0.25, -0.2) is 4.79 Å². The number of anilines is 1. The number of hydrogen-bond donors (Lipinski definition) is 1. The van der Waals surface area contributed by atoms with Gasteiger partial charge in [-0.05, 0) is 36.1 Å². The van der Waals surface area contributed by atoms with Crippen LogP contribution >= 0.6 is 11.6 Å². The molecule has 0 saturated carbocycles. The van der Waals surface area contributed by atoms with Crippen LogP contribution in [0, 0.1) is 10.1 Å². The molecule has 8 heteroatoms. The zero-order valence-electron chi connectivity index (χ0n) is 14.9. The number of rotatable bonds is 7. The summed E-state index contributed by atoms with van der Waals surface area (Å²) in [6.45, 7) is 3.60. The van der Waals surface area contributed by atoms with E-state index in [1.807, 2.05) is 12.1 Å². The highest BCUT2D eigenvalue weighted by Gasteiger charge is 2.18. The summed E-state index contributed by atoms with van der Waals surface area (Å²) in [5.41, 5.74) is 1.19. The number of carbonyl (C=O) groups excluding carboxylic acids is 2. The van der Waals surface area contributed by atoms with Gasteiger partial charge in [-0.1, -0.05) is 43.6 Å². The summed E-state index contributed by atoms with van der Waals surface area (Å²) in [5, 5.41) is 13.5. The fraction of sp³-hybridized carbons (Fsp3) is 0.263. The molecule has 1 N–H and O–H groups in total. The van der Waals surface area contributed by atoms with E-state index in [0.29, 0.717) is 5.69 Å². The minimum Gasteiger partial charge on any atom is -0.452 e. The highest BCUT2D eigenvalue weighted by atomic mass is 35.5. The van der Waals surface area contributed by atoms with E-state index < -0.39 is 29.1 Å². The minimum atomic E-state index is -0.847. The highest BCUT2D eigenvalue weighted by Crippen LogP contribution is 2.27. The van der Waals surface area contributed by atoms with E-state index in [0.717, 1.165) is 18.1 Å². The maximum atomic E-state index is 12.1. The number of nitro groups is 1. The van der Waals surface area contributed by atoms with Gasteiger partial charge in [-0.15, -0.1) is 0 Å². The first kappa shape index (κ1) is 20.4. The van der Waals surface area contributed by atoms with Gasteiger partial charge in [0.1, 0.15) is 5.02 Å². The number of halogens is 1. The second-order valence-corrected chi connectivity index (χ2v) is 6.35. The van der Waals surface area contributed by atoms with E-state index in [2.05, 4.69) is 19.2 Å². The number of ether oxygens (including phenoxy) is 1. The number of benzene rings is 2. The molecule has 0 aliphatic heterocycles. The van der Waals surface area contributed by atoms with Crippen LogP contribution in [-0.4, -0.2) is 23.4 Å². The molecule has 0 spiro atoms. The molecule has 0 heterocycles. The van der Waals surface area contributed by atoms with E-state index in [9.17, 15) is 19.7 Å². The van der Waals surface area contributed by atoms with Crippen LogP contribution < -0.4 is 5.32 Å². The lowest BCUT2D eigenvalue weighted by Gasteiger charge is -2.15. The molecule has 0 fully saturated rings. The number of nitrogens with zero attached hydrogens (tertiary/aromatic N) is 1. The molecule has 2 aromatic rings. The maximum absolute atomic E-state index is 12.1. The molecule has 1 atom stereocenters. The monoisotopic (exact) mass is 390 g/mol. The predicted molar refractivity (Wildman–Crippen MR) is 102 cm³/mol. The summed E-state index contributed by atoms with van der Waals surface area (Å²) in [6.07, 6.45) is 0.914. The Morgan fingerprint density at radius 2 is 1.96 bits per heavy atom. The van der Waals surface area contributed by atoms with Crippen molar-refractivity contribution >= 4 is 34.9 Å². The molecule has 27 heavy (non-hydrogen) atoms. The standard InChI is InChI=1S/C19H19ClN2O5/c1-3-12(2)14-6-4-5-7-16(14)21-18(23)11-27-19(24)13-8-9-15(20)17(10-13)22(25)26/h4-10,12H,3,11H2,1-2H3,(H,21,23)/t12-/m1/s1. The van der Waals surface area contributed by atoms with Crippen molar-refractivity contribution in [2.24, 2.45) is 0 Å². The maximum Gasteiger partial charge on any atom is 0.338 e. The van der Waals surface area contributed by atoms with Crippen LogP contribution in [0.2, 0.25) is 5.02 Å². The average Bonchev–Trinajstić information content (AvgIpc) is 2.66. The van der Waals surface area contributed by atoms with Crippen molar-refractivity contribution in [1.29, 1.82) is 0 Å². The predicted octanol–water partition coefficient (Wildman–Crippen LogP) is 4.56. The van der Waals surface area contributed by atoms with Crippen molar-refractivity contribution in [3.8, 4) is 0 Å². The van der Waals surface area contributed by atoms with Crippen LogP contribution in [0.3, 0.4) is 0 Å². The van der Waals surface area contributed by atoms with Crippen molar-refractivity contribution in [3.63, 3.8) is 0 Å². The zero-order chi connectivity index (χ0) is 20.0. The largest absolute Gasteiger partial charge is 0.452 e. The van der Waals surface area contributed by atoms with Crippen molar-refractivity contribution in [2.75, 3.05) is 11.9 Å². The number of nitro benzene ring substituents is 1. The van der Waals surface area contributed by atoms with Gasteiger partial charge in [0, 0.05) is 11.8 Å². The smallest absolute Gasteiger partial charge is 0.338 e. The van der Waals surface area contributed by atoms with E-state index in [-0.39, 0.29) is 16.5 Å². The Kier molecular flexibility index (Phi) is 6.90. The fourth-order valence-corrected chi connectivity index (χ4v) is 2.63. The first-order chi connectivity index (χ1) is 12.8. The van der Waals surface area contributed by atoms with Crippen molar-refractivity contribution in [2.45, 2.75) is 26.2 Å². The molecule has 2 rings (SSSR count). The molecule has 0 aliphatic carbocycles. The highest BCUT2D eigenvalue weighted by molar-refractivity contribution is 6.32. The second kappa shape index (κ2) is 9.14. The number of esters is 1. The van der Waals surface area contributed by atoms with Crippen molar-refractivity contribution in [1.82, 2.24) is 0 Å². The van der Waals surface area contributed by atoms with Crippen LogP contribution in [0.1, 0.15) is 42.1 Å². The molecule has 0 aliphatic rings. The molecule has 0 radical (unpaired) electrons. The molecule has 0 bridgehead atoms. The first-order valence-electron chi connectivity index (χ1n) is 8.33. The third kappa shape index (κ3) is 5.27. The first-order valence-corrected chi connectivity index (χ1v) is 8.71. The van der Waals surface area contributed by atoms with Crippen LogP contribution in [-0.2, 0) is 9.53 Å². The van der Waals surface area contributed by atoms with Gasteiger partial charge in [0.15, 0.2) is 6.61 Å². The second-order valence-electron chi connectivity index (χ2n) is 5.94. The van der Waals surface area contributed by atoms with Crippen molar-refractivity contribution in [3.05, 3.63) is 68.7 Å². The summed E-state index contributed by atoms with van der Waals surface area (Å²) < 4.78 is 4.95. The van der Waals surface area contributed by atoms with E-state index in [1.54, 1.807) is 12.1 Å². The van der Waals surface area contributed by atoms with Crippen LogP contribution in [0.5, 0.6) is 0 Å². The lowest BCUT2D eigenvalue weighted by atomic mass is 9.97. The van der Waals surface area contributed by atoms with Gasteiger partial charge in [0.2, 0.25) is 0 Å². The van der Waals surface area contributed by atoms with Gasteiger partial charge >= 0.3 is 5.97 Å². The quantitative estimate of drug-likeness (QED) is 0.424. The van der Waals surface area contributed by atoms with Crippen LogP contribution in [0.4, 0.5) is 11.4 Å². The van der Waals surface area contributed by atoms with Gasteiger partial charge in [-0.2, -0.15) is 0 Å². The van der Waals surface area contributed by atoms with Crippen molar-refractivity contribution < 1.29 is 19.2 Å². The summed E-state index contributed by atoms with van der Waals surface area (Å²) in [7, 11) is 0. The molecular formula is C19H19ClN2O5. The lowest BCUT2D eigenvalue weighted by Crippen LogP contribution is -2.21. The van der Waals surface area contributed by atoms with Gasteiger partial charge in [-0.3, -0.25) is 14.9 Å². The van der Waals surface area contributed by atoms with Crippen LogP contribution in [0.15, 0.2) is 42.5 Å². The fourth-order valence-electron chi connectivity index (χ4n) is 2.44. The molecule has 0 aromatic heterocycles. The van der Waals surface area contributed by atoms with Crippen LogP contribution in [0.25, 0.3) is 0 Å². The number of nitrogens with one attached hydrogen (secondary N) is 1. The SMILES string of the molecule is CC[C@@H](C)c1ccccc1NC(=O)COC(=O)c1ccc(Cl)c([N+](=O)[O-])c1. The Balaban J connectivity index is 2.01. The topological polar surface area (TPSA) is 98.5 Å². The molecular weight excluding hydrogens is 372 g/mol. The molecule has 2 aromatic carbocycles. The normalized spacial score (nSPS) is 11.5. The number of carbonyl (C=O) groups is 2. The van der Waals surface area contributed by atoms with E-state index >= 15 is 0 Å². The lowest BCUT2D eigenvalue weighted by molar-refractivity contribution is -0.384. The molecule has 0 saturated heterocycles. The van der Waals surface area contributed by atoms with Gasteiger partial charge in [0.05, 0.1) is 10.5 Å². The zero-order valence-corrected chi connectivity index (χ0v) is 15.7. The Labute approximate surface area is 161 Å². The third-order valence-electron chi connectivity index (χ3n) is 4.09. The molecule has 1 amide bonds. The Hall–Kier alpha value is -2.93. The summed E-state index contributed by atoms with van der Waals surface area (Å²) in [4.78, 5) is 34.3. The third-order valence-corrected chi connectivity index (χ3v) is 4.41. The summed E-state index contributed by atoms with van der Waals surface area (Å²) in [5.74, 6) is -1.08. The average molecular weight is 391 g/mol. The Bertz CT molecular complexity index is 869. The Morgan fingerprint density at radius 3 is 2.63 bits per heavy atom. The Morgan fingerprint density at radius 1 is 1.26 bits per heavy atom. The minimum absolute atomic E-state index is 0.0566. The molecule has 142 valence electrons. The van der Waals surface area contributed by atoms with Gasteiger partial charge < -0.3 is 10.1 Å². The summed E-state index contributed by atoms with van der Waals surface area (Å²) >= 11 is 5.71. The van der Waals surface area contributed by atoms with E-state index in [4.69, 9.17) is 16.3 Å². The van der Waals surface area contributed by atoms with Gasteiger partial charge in [0.25, 0.3) is 11.6 Å². The molecule has 7 nitrogen and oxygen atoms in total.